The number of fused-ring (bicyclic) bond motifs is 10. The first-order valence-corrected chi connectivity index (χ1v) is 19.7. The zero-order valence-corrected chi connectivity index (χ0v) is 32.1. The van der Waals surface area contributed by atoms with Crippen LogP contribution in [-0.4, -0.2) is 16.8 Å². The lowest BCUT2D eigenvalue weighted by Gasteiger charge is -2.52. The first-order valence-electron chi connectivity index (χ1n) is 19.7. The lowest BCUT2D eigenvalue weighted by Crippen LogP contribution is -2.64. The molecule has 0 saturated heterocycles. The van der Waals surface area contributed by atoms with Crippen LogP contribution in [-0.2, 0) is 5.41 Å². The zero-order valence-electron chi connectivity index (χ0n) is 32.1. The number of hydrogen-bond acceptors (Lipinski definition) is 2. The van der Waals surface area contributed by atoms with Gasteiger partial charge in [0.2, 0.25) is 0 Å². The van der Waals surface area contributed by atoms with E-state index < -0.39 is 0 Å². The van der Waals surface area contributed by atoms with Gasteiger partial charge in [0, 0.05) is 50.1 Å². The Balaban J connectivity index is 1.33. The van der Waals surface area contributed by atoms with Crippen molar-refractivity contribution in [3.8, 4) is 5.69 Å². The fourth-order valence-electron chi connectivity index (χ4n) is 11.4. The molecule has 0 radical (unpaired) electrons. The summed E-state index contributed by atoms with van der Waals surface area (Å²) in [6, 6.07) is 40.3. The van der Waals surface area contributed by atoms with Gasteiger partial charge in [-0.25, -0.2) is 0 Å². The molecule has 1 aliphatic carbocycles. The summed E-state index contributed by atoms with van der Waals surface area (Å²) >= 11 is 0. The second kappa shape index (κ2) is 10.5. The average molecular weight is 688 g/mol. The molecule has 1 saturated carbocycles. The summed E-state index contributed by atoms with van der Waals surface area (Å²) < 4.78 is 2.64. The number of rotatable bonds is 3. The second-order valence-corrected chi connectivity index (χ2v) is 17.3. The first kappa shape index (κ1) is 31.3. The van der Waals surface area contributed by atoms with Gasteiger partial charge in [0.1, 0.15) is 0 Å². The zero-order chi connectivity index (χ0) is 36.1. The smallest absolute Gasteiger partial charge is 0.252 e. The van der Waals surface area contributed by atoms with Crippen molar-refractivity contribution >= 4 is 73.3 Å². The fraction of sp³-hybridized carbons (Fsp3) is 0.265. The van der Waals surface area contributed by atoms with Crippen LogP contribution in [0.4, 0.5) is 28.4 Å². The van der Waals surface area contributed by atoms with Gasteiger partial charge in [-0.15, -0.1) is 0 Å². The van der Waals surface area contributed by atoms with Crippen LogP contribution in [0.5, 0.6) is 0 Å². The molecule has 7 aromatic rings. The molecule has 4 heterocycles. The van der Waals surface area contributed by atoms with E-state index in [2.05, 4.69) is 166 Å². The Kier molecular flexibility index (Phi) is 6.19. The van der Waals surface area contributed by atoms with Crippen molar-refractivity contribution in [1.82, 2.24) is 4.57 Å². The standard InChI is InChI=1S/C49H46BN3/c1-29-12-10-14-34(20-29)51(35-15-11-13-30(2)21-35)36-27-43-45-44(28-36)53-47-39(48(6)18-8-9-19-49(48,53)7)24-33(5)26-41(47)50(45)40-25-32(4)23-38-37-22-31(3)16-17-42(37)52(43)46(38)40/h10-17,20-28H,8-9,18-19H2,1-7H3. The number of hydrogen-bond donors (Lipinski definition) is 0. The Labute approximate surface area is 314 Å². The average Bonchev–Trinajstić information content (AvgIpc) is 3.55. The maximum absolute atomic E-state index is 2.87. The van der Waals surface area contributed by atoms with Crippen molar-refractivity contribution in [3.63, 3.8) is 0 Å². The largest absolute Gasteiger partial charge is 0.335 e. The van der Waals surface area contributed by atoms with Crippen LogP contribution in [0.1, 0.15) is 72.9 Å². The number of nitrogens with zero attached hydrogens (tertiary/aromatic N) is 3. The number of aromatic nitrogens is 1. The van der Waals surface area contributed by atoms with E-state index in [0.717, 1.165) is 0 Å². The van der Waals surface area contributed by atoms with Gasteiger partial charge in [0.05, 0.1) is 16.7 Å². The predicted molar refractivity (Wildman–Crippen MR) is 227 cm³/mol. The highest BCUT2D eigenvalue weighted by molar-refractivity contribution is 7.00. The molecule has 4 aliphatic rings. The van der Waals surface area contributed by atoms with E-state index in [-0.39, 0.29) is 17.7 Å². The van der Waals surface area contributed by atoms with E-state index in [1.54, 1.807) is 5.56 Å². The quantitative estimate of drug-likeness (QED) is 0.171. The highest BCUT2D eigenvalue weighted by Gasteiger charge is 2.61. The van der Waals surface area contributed by atoms with Gasteiger partial charge in [-0.3, -0.25) is 0 Å². The molecule has 1 fully saturated rings. The van der Waals surface area contributed by atoms with Crippen LogP contribution >= 0.6 is 0 Å². The Morgan fingerprint density at radius 1 is 0.585 bits per heavy atom. The maximum Gasteiger partial charge on any atom is 0.252 e. The van der Waals surface area contributed by atoms with Crippen LogP contribution in [0.15, 0.2) is 103 Å². The van der Waals surface area contributed by atoms with Crippen molar-refractivity contribution in [2.24, 2.45) is 0 Å². The summed E-state index contributed by atoms with van der Waals surface area (Å²) in [7, 11) is 0. The molecule has 260 valence electrons. The summed E-state index contributed by atoms with van der Waals surface area (Å²) in [6.07, 6.45) is 4.96. The monoisotopic (exact) mass is 687 g/mol. The van der Waals surface area contributed by atoms with Crippen molar-refractivity contribution in [1.29, 1.82) is 0 Å². The maximum atomic E-state index is 2.87. The van der Waals surface area contributed by atoms with Crippen LogP contribution < -0.4 is 26.2 Å². The van der Waals surface area contributed by atoms with Crippen molar-refractivity contribution < 1.29 is 0 Å². The normalized spacial score (nSPS) is 20.5. The Morgan fingerprint density at radius 3 is 1.96 bits per heavy atom. The minimum absolute atomic E-state index is 0.0386. The molecule has 2 atom stereocenters. The first-order chi connectivity index (χ1) is 25.6. The topological polar surface area (TPSA) is 11.4 Å². The summed E-state index contributed by atoms with van der Waals surface area (Å²) in [5, 5.41) is 2.71. The molecule has 1 aromatic heterocycles. The van der Waals surface area contributed by atoms with Crippen LogP contribution in [0, 0.1) is 34.6 Å². The molecule has 6 aromatic carbocycles. The molecule has 11 rings (SSSR count). The molecule has 0 N–H and O–H groups in total. The minimum atomic E-state index is -0.0386. The third kappa shape index (κ3) is 3.97. The summed E-state index contributed by atoms with van der Waals surface area (Å²) in [5.74, 6) is 0. The highest BCUT2D eigenvalue weighted by atomic mass is 15.3. The van der Waals surface area contributed by atoms with Crippen LogP contribution in [0.25, 0.3) is 27.5 Å². The molecule has 0 bridgehead atoms. The van der Waals surface area contributed by atoms with Gasteiger partial charge < -0.3 is 14.4 Å². The molecule has 53 heavy (non-hydrogen) atoms. The van der Waals surface area contributed by atoms with E-state index in [0.29, 0.717) is 0 Å². The highest BCUT2D eigenvalue weighted by Crippen LogP contribution is 2.62. The van der Waals surface area contributed by atoms with E-state index >= 15 is 0 Å². The summed E-state index contributed by atoms with van der Waals surface area (Å²) in [6.45, 7) is 16.6. The molecule has 0 spiro atoms. The molecule has 3 nitrogen and oxygen atoms in total. The van der Waals surface area contributed by atoms with E-state index in [4.69, 9.17) is 0 Å². The van der Waals surface area contributed by atoms with Crippen molar-refractivity contribution in [2.45, 2.75) is 85.1 Å². The molecular formula is C49H46BN3. The van der Waals surface area contributed by atoms with Crippen LogP contribution in [0.2, 0.25) is 0 Å². The van der Waals surface area contributed by atoms with E-state index in [1.807, 2.05) is 0 Å². The number of benzene rings is 6. The summed E-state index contributed by atoms with van der Waals surface area (Å²) in [4.78, 5) is 5.38. The Morgan fingerprint density at radius 2 is 1.23 bits per heavy atom. The predicted octanol–water partition coefficient (Wildman–Crippen LogP) is 10.7. The van der Waals surface area contributed by atoms with Crippen LogP contribution in [0.3, 0.4) is 0 Å². The lowest BCUT2D eigenvalue weighted by molar-refractivity contribution is 0.195. The Bertz CT molecular complexity index is 2710. The van der Waals surface area contributed by atoms with Gasteiger partial charge in [0.25, 0.3) is 6.71 Å². The van der Waals surface area contributed by atoms with Gasteiger partial charge in [0.15, 0.2) is 0 Å². The minimum Gasteiger partial charge on any atom is -0.335 e. The van der Waals surface area contributed by atoms with Gasteiger partial charge in [-0.2, -0.15) is 0 Å². The third-order valence-corrected chi connectivity index (χ3v) is 13.9. The summed E-state index contributed by atoms with van der Waals surface area (Å²) in [5.41, 5.74) is 22.9. The Hall–Kier alpha value is -5.22. The molecule has 3 aliphatic heterocycles. The SMILES string of the molecule is Cc1cccc(N(c2cccc(C)c2)c2cc3c4c(c2)-n2c5ccc(C)cc5c5cc(C)cc(c52)B4c2cc(C)cc4c2N3C2(C)CCCCC42C)c1. The van der Waals surface area contributed by atoms with E-state index in [9.17, 15) is 0 Å². The third-order valence-electron chi connectivity index (χ3n) is 13.9. The van der Waals surface area contributed by atoms with Crippen molar-refractivity contribution in [2.75, 3.05) is 9.80 Å². The number of anilines is 5. The molecular weight excluding hydrogens is 641 g/mol. The molecule has 0 amide bonds. The second-order valence-electron chi connectivity index (χ2n) is 17.3. The molecule has 4 heteroatoms. The van der Waals surface area contributed by atoms with Crippen molar-refractivity contribution in [3.05, 3.63) is 137 Å². The van der Waals surface area contributed by atoms with Gasteiger partial charge in [-0.05, 0) is 142 Å². The van der Waals surface area contributed by atoms with Gasteiger partial charge in [-0.1, -0.05) is 85.0 Å². The fourth-order valence-corrected chi connectivity index (χ4v) is 11.4. The molecule has 2 unspecified atom stereocenters. The number of aryl methyl sites for hydroxylation is 5. The van der Waals surface area contributed by atoms with E-state index in [1.165, 1.54) is 126 Å². The van der Waals surface area contributed by atoms with Gasteiger partial charge >= 0.3 is 0 Å². The lowest BCUT2D eigenvalue weighted by atomic mass is 9.33.